The van der Waals surface area contributed by atoms with E-state index in [0.717, 1.165) is 11.1 Å². The molecule has 0 aliphatic rings. The Morgan fingerprint density at radius 3 is 2.33 bits per heavy atom. The molecule has 2 aromatic carbocycles. The van der Waals surface area contributed by atoms with Crippen molar-refractivity contribution in [2.75, 3.05) is 20.7 Å². The van der Waals surface area contributed by atoms with Gasteiger partial charge in [0.15, 0.2) is 17.6 Å². The third-order valence-electron chi connectivity index (χ3n) is 3.97. The molecular formula is C21H27FN2O3. The minimum Gasteiger partial charge on any atom is -0.490 e. The highest BCUT2D eigenvalue weighted by molar-refractivity contribution is 5.80. The Labute approximate surface area is 160 Å². The van der Waals surface area contributed by atoms with Gasteiger partial charge in [-0.3, -0.25) is 4.79 Å². The molecule has 0 bridgehead atoms. The van der Waals surface area contributed by atoms with Crippen molar-refractivity contribution in [2.24, 2.45) is 0 Å². The van der Waals surface area contributed by atoms with Crippen LogP contribution in [0.4, 0.5) is 4.39 Å². The van der Waals surface area contributed by atoms with Crippen molar-refractivity contribution < 1.29 is 18.7 Å². The van der Waals surface area contributed by atoms with E-state index in [1.165, 1.54) is 17.0 Å². The molecule has 0 saturated heterocycles. The van der Waals surface area contributed by atoms with Crippen molar-refractivity contribution in [3.05, 3.63) is 59.4 Å². The molecule has 1 amide bonds. The molecule has 1 N–H and O–H groups in total. The zero-order valence-corrected chi connectivity index (χ0v) is 16.3. The fraction of sp³-hybridized carbons (Fsp3) is 0.381. The lowest BCUT2D eigenvalue weighted by Crippen LogP contribution is -2.35. The van der Waals surface area contributed by atoms with Gasteiger partial charge in [0.2, 0.25) is 0 Å². The monoisotopic (exact) mass is 374 g/mol. The molecule has 0 heterocycles. The summed E-state index contributed by atoms with van der Waals surface area (Å²) in [6.45, 7) is 5.38. The van der Waals surface area contributed by atoms with Gasteiger partial charge in [-0.15, -0.1) is 0 Å². The topological polar surface area (TPSA) is 50.8 Å². The Hall–Kier alpha value is -2.60. The summed E-state index contributed by atoms with van der Waals surface area (Å²) in [5.74, 6) is 0.805. The summed E-state index contributed by atoms with van der Waals surface area (Å²) >= 11 is 0. The number of rotatable bonds is 9. The summed E-state index contributed by atoms with van der Waals surface area (Å²) in [6, 6.07) is 12.1. The van der Waals surface area contributed by atoms with Crippen molar-refractivity contribution in [3.8, 4) is 11.5 Å². The molecule has 0 aromatic heterocycles. The molecular weight excluding hydrogens is 347 g/mol. The number of nitrogens with one attached hydrogen (secondary N) is 1. The fourth-order valence-corrected chi connectivity index (χ4v) is 2.59. The van der Waals surface area contributed by atoms with E-state index >= 15 is 0 Å². The van der Waals surface area contributed by atoms with Gasteiger partial charge in [-0.05, 0) is 49.2 Å². The van der Waals surface area contributed by atoms with Crippen LogP contribution in [-0.4, -0.2) is 37.6 Å². The number of benzene rings is 2. The standard InChI is InChI=1S/C21H27FN2O3/c1-5-26-20-12-17(14-23-13-16-6-9-18(22)10-7-16)8-11-19(20)27-15(2)21(25)24(3)4/h6-12,15,23H,5,13-14H2,1-4H3/t15-/m1/s1. The van der Waals surface area contributed by atoms with E-state index in [4.69, 9.17) is 9.47 Å². The van der Waals surface area contributed by atoms with Gasteiger partial charge < -0.3 is 19.7 Å². The average molecular weight is 374 g/mol. The van der Waals surface area contributed by atoms with Crippen LogP contribution in [-0.2, 0) is 17.9 Å². The molecule has 0 unspecified atom stereocenters. The summed E-state index contributed by atoms with van der Waals surface area (Å²) in [6.07, 6.45) is -0.596. The van der Waals surface area contributed by atoms with Gasteiger partial charge in [-0.2, -0.15) is 0 Å². The summed E-state index contributed by atoms with van der Waals surface area (Å²) in [5, 5.41) is 3.32. The van der Waals surface area contributed by atoms with Gasteiger partial charge in [0.05, 0.1) is 6.61 Å². The first-order chi connectivity index (χ1) is 12.9. The van der Waals surface area contributed by atoms with Gasteiger partial charge >= 0.3 is 0 Å². The van der Waals surface area contributed by atoms with Crippen LogP contribution in [0.3, 0.4) is 0 Å². The molecule has 0 aliphatic heterocycles. The minimum absolute atomic E-state index is 0.109. The molecule has 0 saturated carbocycles. The largest absolute Gasteiger partial charge is 0.490 e. The quantitative estimate of drug-likeness (QED) is 0.731. The predicted molar refractivity (Wildman–Crippen MR) is 103 cm³/mol. The van der Waals surface area contributed by atoms with E-state index in [1.54, 1.807) is 33.2 Å². The number of halogens is 1. The van der Waals surface area contributed by atoms with Gasteiger partial charge in [0.1, 0.15) is 5.82 Å². The van der Waals surface area contributed by atoms with E-state index < -0.39 is 6.10 Å². The first-order valence-corrected chi connectivity index (χ1v) is 8.99. The molecule has 0 fully saturated rings. The van der Waals surface area contributed by atoms with Crippen molar-refractivity contribution in [3.63, 3.8) is 0 Å². The van der Waals surface area contributed by atoms with Crippen LogP contribution in [0.1, 0.15) is 25.0 Å². The number of likely N-dealkylation sites (N-methyl/N-ethyl adjacent to an activating group) is 1. The van der Waals surface area contributed by atoms with Crippen LogP contribution < -0.4 is 14.8 Å². The second kappa shape index (κ2) is 9.92. The molecule has 5 nitrogen and oxygen atoms in total. The van der Waals surface area contributed by atoms with Gasteiger partial charge in [0, 0.05) is 27.2 Å². The van der Waals surface area contributed by atoms with Gasteiger partial charge in [-0.1, -0.05) is 18.2 Å². The van der Waals surface area contributed by atoms with Crippen LogP contribution in [0.25, 0.3) is 0 Å². The van der Waals surface area contributed by atoms with Crippen molar-refractivity contribution in [1.82, 2.24) is 10.2 Å². The predicted octanol–water partition coefficient (Wildman–Crippen LogP) is 3.37. The summed E-state index contributed by atoms with van der Waals surface area (Å²) in [7, 11) is 3.39. The first-order valence-electron chi connectivity index (χ1n) is 8.99. The smallest absolute Gasteiger partial charge is 0.262 e. The van der Waals surface area contributed by atoms with Crippen LogP contribution in [0.15, 0.2) is 42.5 Å². The first kappa shape index (κ1) is 20.7. The molecule has 1 atom stereocenters. The maximum absolute atomic E-state index is 12.9. The van der Waals surface area contributed by atoms with Crippen molar-refractivity contribution >= 4 is 5.91 Å². The van der Waals surface area contributed by atoms with Gasteiger partial charge in [0.25, 0.3) is 5.91 Å². The molecule has 0 spiro atoms. The third-order valence-corrected chi connectivity index (χ3v) is 3.97. The molecule has 6 heteroatoms. The zero-order valence-electron chi connectivity index (χ0n) is 16.3. The summed E-state index contributed by atoms with van der Waals surface area (Å²) < 4.78 is 24.4. The number of ether oxygens (including phenoxy) is 2. The normalized spacial score (nSPS) is 11.7. The van der Waals surface area contributed by atoms with E-state index in [2.05, 4.69) is 5.32 Å². The Morgan fingerprint density at radius 2 is 1.70 bits per heavy atom. The number of carbonyl (C=O) groups excluding carboxylic acids is 1. The lowest BCUT2D eigenvalue weighted by molar-refractivity contribution is -0.135. The minimum atomic E-state index is -0.596. The van der Waals surface area contributed by atoms with Crippen LogP contribution in [0, 0.1) is 5.82 Å². The lowest BCUT2D eigenvalue weighted by Gasteiger charge is -2.20. The molecule has 0 radical (unpaired) electrons. The fourth-order valence-electron chi connectivity index (χ4n) is 2.59. The highest BCUT2D eigenvalue weighted by Gasteiger charge is 2.18. The van der Waals surface area contributed by atoms with Crippen molar-refractivity contribution in [1.29, 1.82) is 0 Å². The van der Waals surface area contributed by atoms with Crippen molar-refractivity contribution in [2.45, 2.75) is 33.0 Å². The summed E-state index contributed by atoms with van der Waals surface area (Å²) in [4.78, 5) is 13.5. The van der Waals surface area contributed by atoms with E-state index in [0.29, 0.717) is 31.2 Å². The Morgan fingerprint density at radius 1 is 1.07 bits per heavy atom. The highest BCUT2D eigenvalue weighted by atomic mass is 19.1. The number of amides is 1. The van der Waals surface area contributed by atoms with Crippen LogP contribution >= 0.6 is 0 Å². The molecule has 27 heavy (non-hydrogen) atoms. The zero-order chi connectivity index (χ0) is 19.8. The van der Waals surface area contributed by atoms with Gasteiger partial charge in [-0.25, -0.2) is 4.39 Å². The molecule has 2 rings (SSSR count). The second-order valence-corrected chi connectivity index (χ2v) is 6.44. The second-order valence-electron chi connectivity index (χ2n) is 6.44. The molecule has 0 aliphatic carbocycles. The maximum atomic E-state index is 12.9. The number of nitrogens with zero attached hydrogens (tertiary/aromatic N) is 1. The Kier molecular flexibility index (Phi) is 7.61. The third kappa shape index (κ3) is 6.25. The Bertz CT molecular complexity index is 748. The van der Waals surface area contributed by atoms with Crippen LogP contribution in [0.2, 0.25) is 0 Å². The average Bonchev–Trinajstić information content (AvgIpc) is 2.64. The summed E-state index contributed by atoms with van der Waals surface area (Å²) in [5.41, 5.74) is 2.04. The lowest BCUT2D eigenvalue weighted by atomic mass is 10.1. The molecule has 146 valence electrons. The number of hydrogen-bond donors (Lipinski definition) is 1. The number of hydrogen-bond acceptors (Lipinski definition) is 4. The van der Waals surface area contributed by atoms with E-state index in [-0.39, 0.29) is 11.7 Å². The van der Waals surface area contributed by atoms with Crippen LogP contribution in [0.5, 0.6) is 11.5 Å². The molecule has 2 aromatic rings. The van der Waals surface area contributed by atoms with E-state index in [1.807, 2.05) is 25.1 Å². The SMILES string of the molecule is CCOc1cc(CNCc2ccc(F)cc2)ccc1O[C@H](C)C(=O)N(C)C. The highest BCUT2D eigenvalue weighted by Crippen LogP contribution is 2.29. The van der Waals surface area contributed by atoms with E-state index in [9.17, 15) is 9.18 Å². The number of carbonyl (C=O) groups is 1. The maximum Gasteiger partial charge on any atom is 0.262 e. The Balaban J connectivity index is 2.00.